The van der Waals surface area contributed by atoms with Gasteiger partial charge in [-0.05, 0) is 18.6 Å². The Morgan fingerprint density at radius 1 is 1.67 bits per heavy atom. The van der Waals surface area contributed by atoms with Crippen molar-refractivity contribution in [2.75, 3.05) is 11.9 Å². The summed E-state index contributed by atoms with van der Waals surface area (Å²) < 4.78 is 4.64. The predicted octanol–water partition coefficient (Wildman–Crippen LogP) is 1.61. The minimum atomic E-state index is -0.202. The van der Waals surface area contributed by atoms with Crippen molar-refractivity contribution in [2.24, 2.45) is 5.73 Å². The van der Waals surface area contributed by atoms with E-state index in [1.807, 2.05) is 6.92 Å². The van der Waals surface area contributed by atoms with E-state index in [2.05, 4.69) is 26.8 Å². The van der Waals surface area contributed by atoms with Gasteiger partial charge in [0.15, 0.2) is 0 Å². The summed E-state index contributed by atoms with van der Waals surface area (Å²) in [4.78, 5) is 13.4. The molecule has 0 aliphatic carbocycles. The lowest BCUT2D eigenvalue weighted by Gasteiger charge is -1.96. The first-order valence-electron chi connectivity index (χ1n) is 5.21. The van der Waals surface area contributed by atoms with E-state index in [0.717, 1.165) is 10.4 Å². The van der Waals surface area contributed by atoms with Gasteiger partial charge in [0.2, 0.25) is 0 Å². The first kappa shape index (κ1) is 12.4. The molecule has 92 valence electrons. The highest BCUT2D eigenvalue weighted by Gasteiger charge is 2.12. The molecule has 18 heavy (non-hydrogen) atoms. The summed E-state index contributed by atoms with van der Waals surface area (Å²) >= 11 is 1.34. The largest absolute Gasteiger partial charge is 0.363 e. The van der Waals surface area contributed by atoms with E-state index in [9.17, 15) is 4.79 Å². The van der Waals surface area contributed by atoms with E-state index >= 15 is 0 Å². The van der Waals surface area contributed by atoms with Crippen LogP contribution >= 0.6 is 11.3 Å². The maximum absolute atomic E-state index is 11.9. The summed E-state index contributed by atoms with van der Waals surface area (Å²) in [6, 6.07) is 1.80. The standard InChI is InChI=1S/C12H11N3O2S/c1-8-5-11(18-10(8)3-2-4-13)12(16)15-9-6-14-17-7-9/h5-7H,4,13H2,1H3,(H,15,16). The maximum atomic E-state index is 11.9. The van der Waals surface area contributed by atoms with E-state index in [1.165, 1.54) is 23.8 Å². The molecule has 6 heteroatoms. The molecule has 2 aromatic rings. The number of nitrogens with zero attached hydrogens (tertiary/aromatic N) is 1. The summed E-state index contributed by atoms with van der Waals surface area (Å²) in [7, 11) is 0. The topological polar surface area (TPSA) is 81.2 Å². The highest BCUT2D eigenvalue weighted by Crippen LogP contribution is 2.22. The Labute approximate surface area is 108 Å². The third-order valence-corrected chi connectivity index (χ3v) is 3.29. The molecule has 0 aromatic carbocycles. The number of nitrogens with two attached hydrogens (primary N) is 1. The number of carbonyl (C=O) groups excluding carboxylic acids is 1. The highest BCUT2D eigenvalue weighted by atomic mass is 32.1. The fraction of sp³-hybridized carbons (Fsp3) is 0.167. The summed E-state index contributed by atoms with van der Waals surface area (Å²) in [5, 5.41) is 6.19. The first-order chi connectivity index (χ1) is 8.70. The number of aryl methyl sites for hydroxylation is 1. The summed E-state index contributed by atoms with van der Waals surface area (Å²) in [5.41, 5.74) is 6.82. The minimum Gasteiger partial charge on any atom is -0.363 e. The predicted molar refractivity (Wildman–Crippen MR) is 69.4 cm³/mol. The van der Waals surface area contributed by atoms with Gasteiger partial charge in [0, 0.05) is 0 Å². The Bertz CT molecular complexity index is 605. The molecule has 0 fully saturated rings. The number of aromatic nitrogens is 1. The number of hydrogen-bond acceptors (Lipinski definition) is 5. The quantitative estimate of drug-likeness (QED) is 0.805. The van der Waals surface area contributed by atoms with Crippen molar-refractivity contribution in [3.63, 3.8) is 0 Å². The Morgan fingerprint density at radius 3 is 3.17 bits per heavy atom. The Morgan fingerprint density at radius 2 is 2.50 bits per heavy atom. The van der Waals surface area contributed by atoms with Crippen molar-refractivity contribution in [1.29, 1.82) is 0 Å². The van der Waals surface area contributed by atoms with Crippen molar-refractivity contribution < 1.29 is 9.32 Å². The van der Waals surface area contributed by atoms with Crippen LogP contribution in [0.15, 0.2) is 23.0 Å². The average molecular weight is 261 g/mol. The molecule has 0 saturated heterocycles. The second-order valence-electron chi connectivity index (χ2n) is 3.50. The number of hydrogen-bond donors (Lipinski definition) is 2. The zero-order chi connectivity index (χ0) is 13.0. The van der Waals surface area contributed by atoms with Crippen molar-refractivity contribution in [1.82, 2.24) is 5.16 Å². The molecule has 0 unspecified atom stereocenters. The second-order valence-corrected chi connectivity index (χ2v) is 4.55. The van der Waals surface area contributed by atoms with Gasteiger partial charge in [-0.3, -0.25) is 4.79 Å². The van der Waals surface area contributed by atoms with Crippen LogP contribution in [0.1, 0.15) is 20.1 Å². The van der Waals surface area contributed by atoms with Crippen LogP contribution < -0.4 is 11.1 Å². The second kappa shape index (κ2) is 5.49. The van der Waals surface area contributed by atoms with Crippen LogP contribution in [0, 0.1) is 18.8 Å². The van der Waals surface area contributed by atoms with Crippen LogP contribution in [0.5, 0.6) is 0 Å². The minimum absolute atomic E-state index is 0.202. The van der Waals surface area contributed by atoms with Crippen LogP contribution in [-0.2, 0) is 0 Å². The number of rotatable bonds is 2. The number of thiophene rings is 1. The third-order valence-electron chi connectivity index (χ3n) is 2.14. The van der Waals surface area contributed by atoms with Gasteiger partial charge in [0.25, 0.3) is 5.91 Å². The lowest BCUT2D eigenvalue weighted by atomic mass is 10.2. The molecule has 2 heterocycles. The van der Waals surface area contributed by atoms with E-state index in [1.54, 1.807) is 6.07 Å². The van der Waals surface area contributed by atoms with E-state index in [-0.39, 0.29) is 5.91 Å². The zero-order valence-electron chi connectivity index (χ0n) is 9.69. The average Bonchev–Trinajstić information content (AvgIpc) is 2.96. The Balaban J connectivity index is 2.16. The van der Waals surface area contributed by atoms with Gasteiger partial charge < -0.3 is 15.6 Å². The summed E-state index contributed by atoms with van der Waals surface area (Å²) in [6.07, 6.45) is 2.81. The van der Waals surface area contributed by atoms with Gasteiger partial charge in [-0.25, -0.2) is 0 Å². The lowest BCUT2D eigenvalue weighted by Crippen LogP contribution is -2.09. The van der Waals surface area contributed by atoms with Gasteiger partial charge in [0.05, 0.1) is 22.5 Å². The Kier molecular flexibility index (Phi) is 3.77. The Hall–Kier alpha value is -2.10. The molecule has 2 rings (SSSR count). The van der Waals surface area contributed by atoms with E-state index in [0.29, 0.717) is 17.1 Å². The maximum Gasteiger partial charge on any atom is 0.265 e. The highest BCUT2D eigenvalue weighted by molar-refractivity contribution is 7.14. The molecule has 3 N–H and O–H groups in total. The van der Waals surface area contributed by atoms with E-state index in [4.69, 9.17) is 5.73 Å². The fourth-order valence-corrected chi connectivity index (χ4v) is 2.25. The van der Waals surface area contributed by atoms with Gasteiger partial charge in [-0.15, -0.1) is 11.3 Å². The molecule has 0 saturated carbocycles. The number of amides is 1. The molecule has 2 aromatic heterocycles. The normalized spacial score (nSPS) is 9.67. The van der Waals surface area contributed by atoms with Gasteiger partial charge in [-0.2, -0.15) is 0 Å². The van der Waals surface area contributed by atoms with E-state index < -0.39 is 0 Å². The van der Waals surface area contributed by atoms with Crippen LogP contribution in [0.2, 0.25) is 0 Å². The summed E-state index contributed by atoms with van der Waals surface area (Å²) in [6.45, 7) is 2.22. The van der Waals surface area contributed by atoms with Crippen molar-refractivity contribution in [3.8, 4) is 11.8 Å². The molecule has 5 nitrogen and oxygen atoms in total. The molecule has 0 bridgehead atoms. The monoisotopic (exact) mass is 261 g/mol. The van der Waals surface area contributed by atoms with Crippen LogP contribution in [0.3, 0.4) is 0 Å². The zero-order valence-corrected chi connectivity index (χ0v) is 10.5. The summed E-state index contributed by atoms with van der Waals surface area (Å²) in [5.74, 6) is 5.51. The van der Waals surface area contributed by atoms with Gasteiger partial charge in [0.1, 0.15) is 12.0 Å². The fourth-order valence-electron chi connectivity index (χ4n) is 1.31. The molecule has 0 radical (unpaired) electrons. The molecule has 1 amide bonds. The SMILES string of the molecule is Cc1cc(C(=O)Nc2cnoc2)sc1C#CCN. The molecule has 0 aliphatic heterocycles. The van der Waals surface area contributed by atoms with Crippen LogP contribution in [-0.4, -0.2) is 17.6 Å². The smallest absolute Gasteiger partial charge is 0.265 e. The van der Waals surface area contributed by atoms with Crippen molar-refractivity contribution >= 4 is 22.9 Å². The van der Waals surface area contributed by atoms with Crippen molar-refractivity contribution in [3.05, 3.63) is 33.8 Å². The molecule has 0 aliphatic rings. The first-order valence-corrected chi connectivity index (χ1v) is 6.02. The van der Waals surface area contributed by atoms with Crippen LogP contribution in [0.25, 0.3) is 0 Å². The number of anilines is 1. The third kappa shape index (κ3) is 2.77. The van der Waals surface area contributed by atoms with Gasteiger partial charge >= 0.3 is 0 Å². The number of carbonyl (C=O) groups is 1. The lowest BCUT2D eigenvalue weighted by molar-refractivity contribution is 0.103. The number of nitrogens with one attached hydrogen (secondary N) is 1. The van der Waals surface area contributed by atoms with Crippen molar-refractivity contribution in [2.45, 2.75) is 6.92 Å². The molecular weight excluding hydrogens is 250 g/mol. The van der Waals surface area contributed by atoms with Gasteiger partial charge in [-0.1, -0.05) is 17.0 Å². The molecule has 0 spiro atoms. The molecule has 0 atom stereocenters. The van der Waals surface area contributed by atoms with Crippen LogP contribution in [0.4, 0.5) is 5.69 Å². The molecular formula is C12H11N3O2S.